The van der Waals surface area contributed by atoms with Crippen molar-refractivity contribution in [1.29, 1.82) is 0 Å². The maximum atomic E-state index is 12.7. The van der Waals surface area contributed by atoms with E-state index >= 15 is 0 Å². The Morgan fingerprint density at radius 3 is 2.14 bits per heavy atom. The van der Waals surface area contributed by atoms with Crippen molar-refractivity contribution in [2.45, 2.75) is 37.6 Å². The quantitative estimate of drug-likeness (QED) is 0.840. The van der Waals surface area contributed by atoms with Crippen molar-refractivity contribution in [2.24, 2.45) is 0 Å². The highest BCUT2D eigenvalue weighted by Gasteiger charge is 2.32. The van der Waals surface area contributed by atoms with Gasteiger partial charge in [0.05, 0.1) is 44.2 Å². The lowest BCUT2D eigenvalue weighted by Crippen LogP contribution is -3.18. The van der Waals surface area contributed by atoms with Crippen LogP contribution in [0.5, 0.6) is 5.75 Å². The summed E-state index contributed by atoms with van der Waals surface area (Å²) in [4.78, 5) is 1.88. The van der Waals surface area contributed by atoms with Crippen LogP contribution in [0.1, 0.15) is 26.7 Å². The van der Waals surface area contributed by atoms with Gasteiger partial charge in [-0.1, -0.05) is 13.8 Å². The number of piperazine rings is 1. The van der Waals surface area contributed by atoms with E-state index in [-0.39, 0.29) is 0 Å². The molecule has 0 radical (unpaired) electrons. The summed E-state index contributed by atoms with van der Waals surface area (Å²) < 4.78 is 32.0. The summed E-state index contributed by atoms with van der Waals surface area (Å²) in [7, 11) is -1.81. The first-order valence-electron chi connectivity index (χ1n) is 8.01. The summed E-state index contributed by atoms with van der Waals surface area (Å²) in [6.07, 6.45) is 2.30. The summed E-state index contributed by atoms with van der Waals surface area (Å²) in [6, 6.07) is 7.27. The molecule has 1 fully saturated rings. The van der Waals surface area contributed by atoms with E-state index in [0.717, 1.165) is 25.9 Å². The minimum absolute atomic E-state index is 0.347. The number of quaternary nitrogens is 1. The largest absolute Gasteiger partial charge is 0.497 e. The van der Waals surface area contributed by atoms with Crippen molar-refractivity contribution < 1.29 is 18.1 Å². The van der Waals surface area contributed by atoms with Gasteiger partial charge in [-0.05, 0) is 37.1 Å². The number of nitrogens with one attached hydrogen (secondary N) is 1. The molecule has 0 unspecified atom stereocenters. The summed E-state index contributed by atoms with van der Waals surface area (Å²) >= 11 is 0. The smallest absolute Gasteiger partial charge is 0.243 e. The third kappa shape index (κ3) is 3.62. The van der Waals surface area contributed by atoms with Crippen LogP contribution in [0.15, 0.2) is 29.2 Å². The van der Waals surface area contributed by atoms with Gasteiger partial charge in [-0.25, -0.2) is 8.42 Å². The fourth-order valence-corrected chi connectivity index (χ4v) is 4.63. The second-order valence-electron chi connectivity index (χ2n) is 5.75. The van der Waals surface area contributed by atoms with Crippen LogP contribution in [0.4, 0.5) is 0 Å². The Hall–Kier alpha value is -1.11. The van der Waals surface area contributed by atoms with Crippen molar-refractivity contribution >= 4 is 10.0 Å². The number of methoxy groups -OCH3 is 1. The number of ether oxygens (including phenoxy) is 1. The number of benzene rings is 1. The molecular formula is C16H27N2O3S+. The average Bonchev–Trinajstić information content (AvgIpc) is 2.56. The molecule has 1 heterocycles. The lowest BCUT2D eigenvalue weighted by atomic mass is 10.1. The van der Waals surface area contributed by atoms with E-state index in [2.05, 4.69) is 13.8 Å². The molecule has 1 saturated heterocycles. The normalized spacial score (nSPS) is 17.8. The molecule has 1 aliphatic rings. The van der Waals surface area contributed by atoms with Crippen molar-refractivity contribution in [3.05, 3.63) is 24.3 Å². The number of rotatable bonds is 6. The van der Waals surface area contributed by atoms with Gasteiger partial charge in [-0.2, -0.15) is 4.31 Å². The molecule has 5 nitrogen and oxygen atoms in total. The first-order chi connectivity index (χ1) is 10.5. The van der Waals surface area contributed by atoms with Crippen LogP contribution in [0.2, 0.25) is 0 Å². The monoisotopic (exact) mass is 327 g/mol. The molecule has 6 heteroatoms. The van der Waals surface area contributed by atoms with Crippen LogP contribution in [0.25, 0.3) is 0 Å². The van der Waals surface area contributed by atoms with Crippen molar-refractivity contribution in [1.82, 2.24) is 4.31 Å². The van der Waals surface area contributed by atoms with Crippen molar-refractivity contribution in [3.63, 3.8) is 0 Å². The Morgan fingerprint density at radius 2 is 1.68 bits per heavy atom. The van der Waals surface area contributed by atoms with E-state index in [9.17, 15) is 8.42 Å². The Bertz CT molecular complexity index is 560. The molecule has 0 spiro atoms. The molecule has 2 rings (SSSR count). The second kappa shape index (κ2) is 7.44. The van der Waals surface area contributed by atoms with Gasteiger partial charge in [-0.3, -0.25) is 0 Å². The van der Waals surface area contributed by atoms with Crippen LogP contribution < -0.4 is 9.64 Å². The molecule has 1 N–H and O–H groups in total. The Labute approximate surface area is 133 Å². The Kier molecular flexibility index (Phi) is 5.83. The molecule has 1 aromatic carbocycles. The van der Waals surface area contributed by atoms with Crippen LogP contribution in [0, 0.1) is 0 Å². The SMILES string of the molecule is CCC(CC)[NH+]1CCN(S(=O)(=O)c2ccc(OC)cc2)CC1. The van der Waals surface area contributed by atoms with E-state index in [1.54, 1.807) is 35.7 Å². The fraction of sp³-hybridized carbons (Fsp3) is 0.625. The minimum atomic E-state index is -3.39. The van der Waals surface area contributed by atoms with E-state index in [1.165, 1.54) is 4.90 Å². The maximum absolute atomic E-state index is 12.7. The van der Waals surface area contributed by atoms with Gasteiger partial charge < -0.3 is 9.64 Å². The zero-order valence-electron chi connectivity index (χ0n) is 13.7. The van der Waals surface area contributed by atoms with E-state index < -0.39 is 10.0 Å². The third-order valence-electron chi connectivity index (χ3n) is 4.62. The Morgan fingerprint density at radius 1 is 1.14 bits per heavy atom. The van der Waals surface area contributed by atoms with Crippen LogP contribution >= 0.6 is 0 Å². The van der Waals surface area contributed by atoms with Gasteiger partial charge in [0.15, 0.2) is 0 Å². The van der Waals surface area contributed by atoms with Crippen LogP contribution in [-0.2, 0) is 10.0 Å². The van der Waals surface area contributed by atoms with Crippen molar-refractivity contribution in [2.75, 3.05) is 33.3 Å². The summed E-state index contributed by atoms with van der Waals surface area (Å²) in [5.74, 6) is 0.668. The Balaban J connectivity index is 2.05. The minimum Gasteiger partial charge on any atom is -0.497 e. The summed E-state index contributed by atoms with van der Waals surface area (Å²) in [5.41, 5.74) is 0. The predicted octanol–water partition coefficient (Wildman–Crippen LogP) is 0.773. The standard InChI is InChI=1S/C16H26N2O3S/c1-4-14(5-2)17-10-12-18(13-11-17)22(19,20)16-8-6-15(21-3)7-9-16/h6-9,14H,4-5,10-13H2,1-3H3/p+1. The van der Waals surface area contributed by atoms with E-state index in [1.807, 2.05) is 0 Å². The highest BCUT2D eigenvalue weighted by Crippen LogP contribution is 2.19. The molecule has 22 heavy (non-hydrogen) atoms. The molecule has 0 amide bonds. The fourth-order valence-electron chi connectivity index (χ4n) is 3.18. The van der Waals surface area contributed by atoms with Gasteiger partial charge in [0.2, 0.25) is 10.0 Å². The number of sulfonamides is 1. The first-order valence-corrected chi connectivity index (χ1v) is 9.45. The van der Waals surface area contributed by atoms with E-state index in [4.69, 9.17) is 4.74 Å². The molecule has 1 aliphatic heterocycles. The first kappa shape index (κ1) is 17.2. The lowest BCUT2D eigenvalue weighted by molar-refractivity contribution is -0.929. The van der Waals surface area contributed by atoms with Crippen LogP contribution in [-0.4, -0.2) is 52.1 Å². The van der Waals surface area contributed by atoms with Gasteiger partial charge in [0, 0.05) is 0 Å². The number of hydrogen-bond acceptors (Lipinski definition) is 3. The molecule has 0 bridgehead atoms. The van der Waals surface area contributed by atoms with Gasteiger partial charge in [0.1, 0.15) is 5.75 Å². The zero-order chi connectivity index (χ0) is 16.2. The van der Waals surface area contributed by atoms with Gasteiger partial charge in [-0.15, -0.1) is 0 Å². The zero-order valence-corrected chi connectivity index (χ0v) is 14.5. The molecule has 0 atom stereocenters. The molecular weight excluding hydrogens is 300 g/mol. The number of nitrogens with zero attached hydrogens (tertiary/aromatic N) is 1. The lowest BCUT2D eigenvalue weighted by Gasteiger charge is -2.35. The topological polar surface area (TPSA) is 51.0 Å². The summed E-state index contributed by atoms with van der Waals surface area (Å²) in [5, 5.41) is 0. The van der Waals surface area contributed by atoms with E-state index in [0.29, 0.717) is 29.8 Å². The maximum Gasteiger partial charge on any atom is 0.243 e. The molecule has 0 saturated carbocycles. The average molecular weight is 327 g/mol. The molecule has 1 aromatic rings. The summed E-state index contributed by atoms with van der Waals surface area (Å²) in [6.45, 7) is 7.40. The van der Waals surface area contributed by atoms with Gasteiger partial charge >= 0.3 is 0 Å². The molecule has 0 aliphatic carbocycles. The molecule has 124 valence electrons. The van der Waals surface area contributed by atoms with Crippen LogP contribution in [0.3, 0.4) is 0 Å². The van der Waals surface area contributed by atoms with Crippen molar-refractivity contribution in [3.8, 4) is 5.75 Å². The molecule has 0 aromatic heterocycles. The third-order valence-corrected chi connectivity index (χ3v) is 6.54. The highest BCUT2D eigenvalue weighted by molar-refractivity contribution is 7.89. The number of hydrogen-bond donors (Lipinski definition) is 1. The van der Waals surface area contributed by atoms with Gasteiger partial charge in [0.25, 0.3) is 0 Å². The highest BCUT2D eigenvalue weighted by atomic mass is 32.2. The predicted molar refractivity (Wildman–Crippen MR) is 86.8 cm³/mol. The second-order valence-corrected chi connectivity index (χ2v) is 7.69.